The van der Waals surface area contributed by atoms with Crippen LogP contribution in [-0.2, 0) is 21.3 Å². The zero-order valence-corrected chi connectivity index (χ0v) is 12.5. The Bertz CT molecular complexity index is 737. The van der Waals surface area contributed by atoms with Gasteiger partial charge >= 0.3 is 0 Å². The van der Waals surface area contributed by atoms with Gasteiger partial charge < -0.3 is 5.32 Å². The van der Waals surface area contributed by atoms with Crippen LogP contribution in [0, 0.1) is 0 Å². The van der Waals surface area contributed by atoms with E-state index >= 15 is 0 Å². The van der Waals surface area contributed by atoms with E-state index < -0.39 is 16.2 Å². The van der Waals surface area contributed by atoms with Crippen LogP contribution in [0.3, 0.4) is 0 Å². The van der Waals surface area contributed by atoms with E-state index in [1.54, 1.807) is 15.6 Å². The molecule has 0 amide bonds. The molecule has 3 rings (SSSR count). The zero-order chi connectivity index (χ0) is 15.0. The van der Waals surface area contributed by atoms with Gasteiger partial charge in [0.05, 0.1) is 18.5 Å². The summed E-state index contributed by atoms with van der Waals surface area (Å²) < 4.78 is 31.0. The van der Waals surface area contributed by atoms with E-state index in [0.29, 0.717) is 18.8 Å². The normalized spacial score (nSPS) is 22.8. The number of hydrogen-bond acceptors (Lipinski definition) is 7. The molecular formula is C11H16N6O3S. The molecule has 114 valence electrons. The van der Waals surface area contributed by atoms with Gasteiger partial charge in [-0.15, -0.1) is 5.10 Å². The maximum absolute atomic E-state index is 11.3. The van der Waals surface area contributed by atoms with Crippen LogP contribution in [0.4, 0.5) is 0 Å². The van der Waals surface area contributed by atoms with Crippen molar-refractivity contribution in [3.05, 3.63) is 18.5 Å². The molecule has 0 aliphatic carbocycles. The first-order valence-corrected chi connectivity index (χ1v) is 8.25. The van der Waals surface area contributed by atoms with Gasteiger partial charge in [0, 0.05) is 26.3 Å². The maximum atomic E-state index is 11.3. The highest BCUT2D eigenvalue weighted by Crippen LogP contribution is 2.22. The first-order chi connectivity index (χ1) is 9.92. The monoisotopic (exact) mass is 312 g/mol. The molecular weight excluding hydrogens is 296 g/mol. The van der Waals surface area contributed by atoms with Crippen molar-refractivity contribution in [2.24, 2.45) is 7.05 Å². The highest BCUT2D eigenvalue weighted by molar-refractivity contribution is 7.86. The van der Waals surface area contributed by atoms with Crippen molar-refractivity contribution in [3.63, 3.8) is 0 Å². The number of rotatable bonds is 4. The van der Waals surface area contributed by atoms with Crippen molar-refractivity contribution in [1.29, 1.82) is 0 Å². The molecule has 2 atom stereocenters. The minimum absolute atomic E-state index is 0.218. The van der Waals surface area contributed by atoms with E-state index in [0.717, 1.165) is 11.9 Å². The van der Waals surface area contributed by atoms with Crippen LogP contribution >= 0.6 is 0 Å². The fourth-order valence-electron chi connectivity index (χ4n) is 2.34. The molecule has 9 nitrogen and oxygen atoms in total. The SMILES string of the molecule is Cn1ccc(-c2cn([C@@H]3CNC[C@H]3OS(C)(=O)=O)nn2)n1. The van der Waals surface area contributed by atoms with Gasteiger partial charge in [-0.05, 0) is 6.07 Å². The summed E-state index contributed by atoms with van der Waals surface area (Å²) in [6.45, 7) is 1.03. The lowest BCUT2D eigenvalue weighted by molar-refractivity contribution is 0.177. The lowest BCUT2D eigenvalue weighted by Crippen LogP contribution is -2.28. The van der Waals surface area contributed by atoms with Gasteiger partial charge in [-0.25, -0.2) is 4.68 Å². The Balaban J connectivity index is 1.82. The molecule has 10 heteroatoms. The minimum atomic E-state index is -3.51. The third-order valence-corrected chi connectivity index (χ3v) is 3.85. The Morgan fingerprint density at radius 3 is 2.86 bits per heavy atom. The Kier molecular flexibility index (Phi) is 3.51. The van der Waals surface area contributed by atoms with Crippen molar-refractivity contribution >= 4 is 10.1 Å². The third-order valence-electron chi connectivity index (χ3n) is 3.25. The smallest absolute Gasteiger partial charge is 0.264 e. The van der Waals surface area contributed by atoms with Gasteiger partial charge in [0.2, 0.25) is 0 Å². The molecule has 2 aromatic heterocycles. The molecule has 0 spiro atoms. The molecule has 2 aromatic rings. The van der Waals surface area contributed by atoms with Crippen LogP contribution in [0.1, 0.15) is 6.04 Å². The van der Waals surface area contributed by atoms with Crippen LogP contribution in [0.15, 0.2) is 18.5 Å². The van der Waals surface area contributed by atoms with E-state index in [-0.39, 0.29) is 6.04 Å². The largest absolute Gasteiger partial charge is 0.312 e. The van der Waals surface area contributed by atoms with Crippen LogP contribution < -0.4 is 5.32 Å². The second-order valence-electron chi connectivity index (χ2n) is 5.02. The van der Waals surface area contributed by atoms with Crippen molar-refractivity contribution in [2.45, 2.75) is 12.1 Å². The summed E-state index contributed by atoms with van der Waals surface area (Å²) in [7, 11) is -1.68. The fourth-order valence-corrected chi connectivity index (χ4v) is 2.98. The van der Waals surface area contributed by atoms with Gasteiger partial charge in [-0.3, -0.25) is 8.86 Å². The number of aryl methyl sites for hydroxylation is 1. The topological polar surface area (TPSA) is 104 Å². The van der Waals surface area contributed by atoms with E-state index in [1.165, 1.54) is 0 Å². The highest BCUT2D eigenvalue weighted by Gasteiger charge is 2.33. The summed E-state index contributed by atoms with van der Waals surface area (Å²) in [6, 6.07) is 1.62. The van der Waals surface area contributed by atoms with Crippen LogP contribution in [-0.4, -0.2) is 58.6 Å². The molecule has 1 aliphatic rings. The summed E-state index contributed by atoms with van der Waals surface area (Å²) in [5.74, 6) is 0. The van der Waals surface area contributed by atoms with E-state index in [9.17, 15) is 8.42 Å². The zero-order valence-electron chi connectivity index (χ0n) is 11.7. The lowest BCUT2D eigenvalue weighted by atomic mass is 10.2. The second-order valence-corrected chi connectivity index (χ2v) is 6.62. The summed E-state index contributed by atoms with van der Waals surface area (Å²) in [6.07, 6.45) is 4.13. The molecule has 1 fully saturated rings. The number of nitrogens with zero attached hydrogens (tertiary/aromatic N) is 5. The molecule has 3 heterocycles. The summed E-state index contributed by atoms with van der Waals surface area (Å²) in [4.78, 5) is 0. The first kappa shape index (κ1) is 14.2. The van der Waals surface area contributed by atoms with Gasteiger partial charge in [-0.2, -0.15) is 13.5 Å². The molecule has 1 saturated heterocycles. The first-order valence-electron chi connectivity index (χ1n) is 6.43. The summed E-state index contributed by atoms with van der Waals surface area (Å²) in [5.41, 5.74) is 1.36. The lowest BCUT2D eigenvalue weighted by Gasteiger charge is -2.17. The minimum Gasteiger partial charge on any atom is -0.312 e. The average molecular weight is 312 g/mol. The van der Waals surface area contributed by atoms with Crippen molar-refractivity contribution in [1.82, 2.24) is 30.1 Å². The van der Waals surface area contributed by atoms with Crippen LogP contribution in [0.5, 0.6) is 0 Å². The summed E-state index contributed by atoms with van der Waals surface area (Å²) >= 11 is 0. The third kappa shape index (κ3) is 3.12. The predicted octanol–water partition coefficient (Wildman–Crippen LogP) is -0.832. The maximum Gasteiger partial charge on any atom is 0.264 e. The van der Waals surface area contributed by atoms with E-state index in [1.807, 2.05) is 19.3 Å². The number of aromatic nitrogens is 5. The van der Waals surface area contributed by atoms with Crippen molar-refractivity contribution in [2.75, 3.05) is 19.3 Å². The van der Waals surface area contributed by atoms with Crippen LogP contribution in [0.25, 0.3) is 11.4 Å². The van der Waals surface area contributed by atoms with Gasteiger partial charge in [0.25, 0.3) is 10.1 Å². The Hall–Kier alpha value is -1.78. The van der Waals surface area contributed by atoms with E-state index in [2.05, 4.69) is 20.7 Å². The van der Waals surface area contributed by atoms with Crippen molar-refractivity contribution in [3.8, 4) is 11.4 Å². The van der Waals surface area contributed by atoms with Gasteiger partial charge in [0.15, 0.2) is 0 Å². The molecule has 21 heavy (non-hydrogen) atoms. The molecule has 1 N–H and O–H groups in total. The average Bonchev–Trinajstić information content (AvgIpc) is 3.05. The van der Waals surface area contributed by atoms with Crippen LogP contribution in [0.2, 0.25) is 0 Å². The van der Waals surface area contributed by atoms with E-state index in [4.69, 9.17) is 4.18 Å². The van der Waals surface area contributed by atoms with Gasteiger partial charge in [0.1, 0.15) is 17.5 Å². The molecule has 1 aliphatic heterocycles. The molecule has 0 radical (unpaired) electrons. The Morgan fingerprint density at radius 1 is 1.38 bits per heavy atom. The molecule has 0 saturated carbocycles. The second kappa shape index (κ2) is 5.20. The highest BCUT2D eigenvalue weighted by atomic mass is 32.2. The molecule has 0 aromatic carbocycles. The molecule has 0 unspecified atom stereocenters. The van der Waals surface area contributed by atoms with Crippen molar-refractivity contribution < 1.29 is 12.6 Å². The summed E-state index contributed by atoms with van der Waals surface area (Å²) in [5, 5.41) is 15.5. The quantitative estimate of drug-likeness (QED) is 0.735. The number of nitrogens with one attached hydrogen (secondary N) is 1. The molecule has 0 bridgehead atoms. The predicted molar refractivity (Wildman–Crippen MR) is 73.8 cm³/mol. The van der Waals surface area contributed by atoms with Gasteiger partial charge in [-0.1, -0.05) is 5.21 Å². The fraction of sp³-hybridized carbons (Fsp3) is 0.545. The Morgan fingerprint density at radius 2 is 2.19 bits per heavy atom. The standard InChI is InChI=1S/C11H16N6O3S/c1-16-4-3-8(14-16)9-7-17(15-13-9)10-5-12-6-11(10)20-21(2,18)19/h3-4,7,10-12H,5-6H2,1-2H3/t10-,11-/m1/s1. The Labute approximate surface area is 122 Å². The number of hydrogen-bond donors (Lipinski definition) is 1.